The van der Waals surface area contributed by atoms with Crippen molar-refractivity contribution in [3.05, 3.63) is 120 Å². The van der Waals surface area contributed by atoms with E-state index in [9.17, 15) is 19.2 Å². The Labute approximate surface area is 358 Å². The first kappa shape index (κ1) is 41.7. The molecule has 2 saturated heterocycles. The summed E-state index contributed by atoms with van der Waals surface area (Å²) < 4.78 is 25.5. The molecule has 0 unspecified atom stereocenters. The molecule has 2 aromatic heterocycles. The predicted octanol–water partition coefficient (Wildman–Crippen LogP) is 8.23. The SMILES string of the molecule is COC(=O)N[C@H](C(=O)N1CCC[C@H]1c1ncc(-c2ccc(-c3ccc4cc(-c5c[nH]c([C@@H]6CCCN6C(=O)[C@H](NC(=O)OC)c6ccccc6)n5)ccc4c3)c(F)c2)[nH]1)C(C)C. The van der Waals surface area contributed by atoms with E-state index < -0.39 is 24.3 Å². The number of aromatic amines is 2. The molecule has 62 heavy (non-hydrogen) atoms. The summed E-state index contributed by atoms with van der Waals surface area (Å²) in [6.45, 7) is 4.80. The molecule has 15 heteroatoms. The van der Waals surface area contributed by atoms with E-state index in [1.165, 1.54) is 20.3 Å². The van der Waals surface area contributed by atoms with Crippen LogP contribution in [0.15, 0.2) is 97.3 Å². The number of likely N-dealkylation sites (tertiary alicyclic amines) is 2. The molecule has 320 valence electrons. The van der Waals surface area contributed by atoms with Gasteiger partial charge in [0.1, 0.15) is 29.5 Å². The second kappa shape index (κ2) is 17.9. The number of imidazole rings is 2. The second-order valence-electron chi connectivity index (χ2n) is 16.0. The molecule has 4 amide bonds. The highest BCUT2D eigenvalue weighted by Gasteiger charge is 2.39. The van der Waals surface area contributed by atoms with Gasteiger partial charge in [-0.15, -0.1) is 0 Å². The molecule has 0 saturated carbocycles. The Balaban J connectivity index is 0.961. The van der Waals surface area contributed by atoms with Crippen molar-refractivity contribution in [2.24, 2.45) is 5.92 Å². The van der Waals surface area contributed by atoms with Crippen LogP contribution in [0.1, 0.15) is 74.9 Å². The molecule has 4 heterocycles. The molecule has 0 spiro atoms. The first-order chi connectivity index (χ1) is 30.0. The largest absolute Gasteiger partial charge is 0.453 e. The van der Waals surface area contributed by atoms with Gasteiger partial charge in [0.25, 0.3) is 5.91 Å². The molecular weight excluding hydrogens is 792 g/mol. The third-order valence-corrected chi connectivity index (χ3v) is 11.8. The van der Waals surface area contributed by atoms with Crippen molar-refractivity contribution in [2.45, 2.75) is 63.7 Å². The fourth-order valence-corrected chi connectivity index (χ4v) is 8.58. The molecule has 2 aliphatic rings. The van der Waals surface area contributed by atoms with Crippen LogP contribution < -0.4 is 10.6 Å². The van der Waals surface area contributed by atoms with Gasteiger partial charge >= 0.3 is 12.2 Å². The summed E-state index contributed by atoms with van der Waals surface area (Å²) in [6, 6.07) is 23.8. The van der Waals surface area contributed by atoms with Crippen LogP contribution in [0.4, 0.5) is 14.0 Å². The zero-order valence-electron chi connectivity index (χ0n) is 35.0. The van der Waals surface area contributed by atoms with E-state index >= 15 is 4.39 Å². The van der Waals surface area contributed by atoms with E-state index in [-0.39, 0.29) is 35.6 Å². The first-order valence-corrected chi connectivity index (χ1v) is 20.8. The van der Waals surface area contributed by atoms with Crippen LogP contribution in [-0.4, -0.2) is 87.1 Å². The first-order valence-electron chi connectivity index (χ1n) is 20.8. The van der Waals surface area contributed by atoms with Gasteiger partial charge in [0, 0.05) is 36.0 Å². The molecule has 14 nitrogen and oxygen atoms in total. The Morgan fingerprint density at radius 2 is 1.39 bits per heavy atom. The van der Waals surface area contributed by atoms with Crippen molar-refractivity contribution >= 4 is 34.8 Å². The normalized spacial score (nSPS) is 17.3. The number of hydrogen-bond acceptors (Lipinski definition) is 8. The number of carbonyl (C=O) groups excluding carboxylic acids is 4. The van der Waals surface area contributed by atoms with Crippen LogP contribution in [0.25, 0.3) is 44.4 Å². The summed E-state index contributed by atoms with van der Waals surface area (Å²) in [5.74, 6) is 0.293. The van der Waals surface area contributed by atoms with Gasteiger partial charge in [-0.1, -0.05) is 80.6 Å². The average molecular weight is 841 g/mol. The third kappa shape index (κ3) is 8.47. The molecule has 8 rings (SSSR count). The van der Waals surface area contributed by atoms with Gasteiger partial charge in [-0.25, -0.2) is 23.9 Å². The number of fused-ring (bicyclic) bond motifs is 1. The third-order valence-electron chi connectivity index (χ3n) is 11.8. The highest BCUT2D eigenvalue weighted by molar-refractivity contribution is 5.91. The Kier molecular flexibility index (Phi) is 12.0. The lowest BCUT2D eigenvalue weighted by atomic mass is 9.98. The number of alkyl carbamates (subject to hydrolysis) is 2. The molecule has 2 aliphatic heterocycles. The van der Waals surface area contributed by atoms with Crippen molar-refractivity contribution in [1.82, 2.24) is 40.4 Å². The van der Waals surface area contributed by atoms with E-state index in [4.69, 9.17) is 14.5 Å². The van der Waals surface area contributed by atoms with Gasteiger partial charge in [0.15, 0.2) is 0 Å². The van der Waals surface area contributed by atoms with Crippen molar-refractivity contribution in [3.8, 4) is 33.6 Å². The van der Waals surface area contributed by atoms with E-state index in [1.807, 2.05) is 80.7 Å². The van der Waals surface area contributed by atoms with Gasteiger partial charge in [-0.05, 0) is 71.7 Å². The number of aromatic nitrogens is 4. The highest BCUT2D eigenvalue weighted by atomic mass is 19.1. The van der Waals surface area contributed by atoms with Crippen LogP contribution in [0.5, 0.6) is 0 Å². The van der Waals surface area contributed by atoms with Crippen molar-refractivity contribution in [1.29, 1.82) is 0 Å². The summed E-state index contributed by atoms with van der Waals surface area (Å²) in [7, 11) is 2.53. The summed E-state index contributed by atoms with van der Waals surface area (Å²) in [6.07, 6.45) is 5.15. The second-order valence-corrected chi connectivity index (χ2v) is 16.0. The van der Waals surface area contributed by atoms with E-state index in [0.29, 0.717) is 53.5 Å². The number of nitrogens with zero attached hydrogens (tertiary/aromatic N) is 4. The van der Waals surface area contributed by atoms with E-state index in [2.05, 4.69) is 25.6 Å². The molecule has 0 aliphatic carbocycles. The standard InChI is InChI=1S/C47H49FN8O6/c1-27(2)40(53-46(59)61-3)44(57)55-20-8-12-38(55)42-50-26-37(52-42)33-18-19-34(35(48)24-33)31-16-14-30-23-32(17-15-29(30)22-31)36-25-49-43(51-36)39-13-9-21-56(39)45(58)41(54-47(60)62-4)28-10-6-5-7-11-28/h5-7,10-11,14-19,22-27,38-41H,8-9,12-13,20-21H2,1-4H3,(H,49,51)(H,50,52)(H,53,59)(H,54,60)/t38-,39-,40-,41+/m0/s1. The zero-order valence-corrected chi connectivity index (χ0v) is 35.0. The summed E-state index contributed by atoms with van der Waals surface area (Å²) in [4.78, 5) is 71.4. The van der Waals surface area contributed by atoms with E-state index in [0.717, 1.165) is 46.9 Å². The number of hydrogen-bond donors (Lipinski definition) is 4. The van der Waals surface area contributed by atoms with Crippen LogP contribution in [-0.2, 0) is 19.1 Å². The number of nitrogens with one attached hydrogen (secondary N) is 4. The Bertz CT molecular complexity index is 2610. The van der Waals surface area contributed by atoms with Crippen LogP contribution in [0.3, 0.4) is 0 Å². The number of rotatable bonds is 11. The zero-order chi connectivity index (χ0) is 43.5. The Morgan fingerprint density at radius 1 is 0.758 bits per heavy atom. The van der Waals surface area contributed by atoms with Crippen molar-refractivity contribution < 1.29 is 33.0 Å². The summed E-state index contributed by atoms with van der Waals surface area (Å²) in [5, 5.41) is 7.25. The van der Waals surface area contributed by atoms with Gasteiger partial charge in [0.05, 0.1) is 43.9 Å². The van der Waals surface area contributed by atoms with Gasteiger partial charge in [0.2, 0.25) is 5.91 Å². The molecule has 6 aromatic rings. The molecule has 4 atom stereocenters. The van der Waals surface area contributed by atoms with Gasteiger partial charge in [-0.3, -0.25) is 9.59 Å². The maximum Gasteiger partial charge on any atom is 0.407 e. The average Bonchev–Trinajstić information content (AvgIpc) is 4.14. The van der Waals surface area contributed by atoms with Gasteiger partial charge in [-0.2, -0.15) is 0 Å². The van der Waals surface area contributed by atoms with E-state index in [1.54, 1.807) is 34.2 Å². The van der Waals surface area contributed by atoms with Crippen molar-refractivity contribution in [3.63, 3.8) is 0 Å². The molecule has 2 fully saturated rings. The number of halogens is 1. The fraction of sp³-hybridized carbons (Fsp3) is 0.319. The number of ether oxygens (including phenoxy) is 2. The fourth-order valence-electron chi connectivity index (χ4n) is 8.58. The van der Waals surface area contributed by atoms with Gasteiger partial charge < -0.3 is 39.9 Å². The monoisotopic (exact) mass is 840 g/mol. The number of benzene rings is 4. The smallest absolute Gasteiger partial charge is 0.407 e. The number of H-pyrrole nitrogens is 2. The lowest BCUT2D eigenvalue weighted by Gasteiger charge is -2.30. The maximum atomic E-state index is 15.9. The van der Waals surface area contributed by atoms with Crippen LogP contribution >= 0.6 is 0 Å². The number of amides is 4. The number of methoxy groups -OCH3 is 2. The lowest BCUT2D eigenvalue weighted by molar-refractivity contribution is -0.135. The lowest BCUT2D eigenvalue weighted by Crippen LogP contribution is -2.51. The molecule has 4 aromatic carbocycles. The number of carbonyl (C=O) groups is 4. The minimum atomic E-state index is -0.906. The molecule has 0 radical (unpaired) electrons. The predicted molar refractivity (Wildman–Crippen MR) is 231 cm³/mol. The molecular formula is C47H49FN8O6. The maximum absolute atomic E-state index is 15.9. The van der Waals surface area contributed by atoms with Crippen LogP contribution in [0.2, 0.25) is 0 Å². The Hall–Kier alpha value is -7.03. The molecule has 4 N–H and O–H groups in total. The quantitative estimate of drug-likeness (QED) is 0.101. The molecule has 0 bridgehead atoms. The van der Waals surface area contributed by atoms with Crippen LogP contribution in [0, 0.1) is 11.7 Å². The Morgan fingerprint density at radius 3 is 2.06 bits per heavy atom. The highest BCUT2D eigenvalue weighted by Crippen LogP contribution is 2.37. The topological polar surface area (TPSA) is 175 Å². The minimum absolute atomic E-state index is 0.151. The summed E-state index contributed by atoms with van der Waals surface area (Å²) >= 11 is 0. The minimum Gasteiger partial charge on any atom is -0.453 e. The summed E-state index contributed by atoms with van der Waals surface area (Å²) in [5.41, 5.74) is 4.70. The van der Waals surface area contributed by atoms with Crippen molar-refractivity contribution in [2.75, 3.05) is 27.3 Å².